The topological polar surface area (TPSA) is 94.3 Å². The van der Waals surface area contributed by atoms with Gasteiger partial charge in [-0.1, -0.05) is 6.92 Å². The molecule has 0 bridgehead atoms. The molecule has 0 spiro atoms. The Morgan fingerprint density at radius 2 is 1.73 bits per heavy atom. The number of hydrogen-bond donors (Lipinski definition) is 1. The molecular formula is C8H19NO4S2. The highest BCUT2D eigenvalue weighted by molar-refractivity contribution is 7.91. The second kappa shape index (κ2) is 5.81. The normalized spacial score (nSPS) is 15.1. The quantitative estimate of drug-likeness (QED) is 0.668. The fraction of sp³-hybridized carbons (Fsp3) is 1.00. The minimum absolute atomic E-state index is 0.0842. The molecule has 0 amide bonds. The van der Waals surface area contributed by atoms with Crippen LogP contribution in [0.3, 0.4) is 0 Å². The van der Waals surface area contributed by atoms with Gasteiger partial charge in [0.2, 0.25) is 0 Å². The monoisotopic (exact) mass is 257 g/mol. The Balaban J connectivity index is 3.89. The van der Waals surface area contributed by atoms with Gasteiger partial charge < -0.3 is 5.73 Å². The summed E-state index contributed by atoms with van der Waals surface area (Å²) < 4.78 is 43.9. The Hall–Kier alpha value is -0.140. The van der Waals surface area contributed by atoms with Gasteiger partial charge in [-0.2, -0.15) is 0 Å². The summed E-state index contributed by atoms with van der Waals surface area (Å²) in [4.78, 5) is 0. The van der Waals surface area contributed by atoms with E-state index in [4.69, 9.17) is 5.73 Å². The number of hydrogen-bond acceptors (Lipinski definition) is 5. The summed E-state index contributed by atoms with van der Waals surface area (Å²) >= 11 is 0. The van der Waals surface area contributed by atoms with Crippen molar-refractivity contribution in [3.63, 3.8) is 0 Å². The molecule has 0 heterocycles. The Morgan fingerprint density at radius 1 is 1.20 bits per heavy atom. The molecule has 7 heteroatoms. The zero-order valence-electron chi connectivity index (χ0n) is 9.14. The van der Waals surface area contributed by atoms with Crippen LogP contribution in [-0.4, -0.2) is 46.4 Å². The number of sulfone groups is 2. The molecule has 5 nitrogen and oxygen atoms in total. The van der Waals surface area contributed by atoms with E-state index < -0.39 is 25.7 Å². The van der Waals surface area contributed by atoms with Gasteiger partial charge in [0.15, 0.2) is 0 Å². The summed E-state index contributed by atoms with van der Waals surface area (Å²) in [6.45, 7) is 1.59. The molecule has 0 rings (SSSR count). The molecule has 0 fully saturated rings. The Kier molecular flexibility index (Phi) is 5.76. The van der Waals surface area contributed by atoms with E-state index in [1.807, 2.05) is 0 Å². The highest BCUT2D eigenvalue weighted by Gasteiger charge is 2.13. The maximum atomic E-state index is 11.1. The van der Waals surface area contributed by atoms with E-state index >= 15 is 0 Å². The molecule has 0 aromatic carbocycles. The standard InChI is InChI=1S/C8H19NO4S2/c1-3-15(12,13)6-4-5-8(9)7-14(2,10)11/h8H,3-7,9H2,1-2H3. The summed E-state index contributed by atoms with van der Waals surface area (Å²) in [5.41, 5.74) is 5.56. The molecule has 2 N–H and O–H groups in total. The average molecular weight is 257 g/mol. The highest BCUT2D eigenvalue weighted by atomic mass is 32.2. The van der Waals surface area contributed by atoms with Crippen molar-refractivity contribution in [3.05, 3.63) is 0 Å². The second-order valence-electron chi connectivity index (χ2n) is 3.73. The van der Waals surface area contributed by atoms with Crippen molar-refractivity contribution in [2.24, 2.45) is 5.73 Å². The smallest absolute Gasteiger partial charge is 0.150 e. The number of rotatable bonds is 7. The zero-order chi connectivity index (χ0) is 12.1. The van der Waals surface area contributed by atoms with E-state index in [9.17, 15) is 16.8 Å². The molecule has 15 heavy (non-hydrogen) atoms. The van der Waals surface area contributed by atoms with Crippen molar-refractivity contribution in [2.75, 3.05) is 23.5 Å². The van der Waals surface area contributed by atoms with E-state index in [0.717, 1.165) is 6.26 Å². The molecule has 0 saturated heterocycles. The van der Waals surface area contributed by atoms with Crippen LogP contribution < -0.4 is 5.73 Å². The summed E-state index contributed by atoms with van der Waals surface area (Å²) in [5, 5.41) is 0. The van der Waals surface area contributed by atoms with Crippen LogP contribution in [0.4, 0.5) is 0 Å². The van der Waals surface area contributed by atoms with Crippen LogP contribution in [-0.2, 0) is 19.7 Å². The van der Waals surface area contributed by atoms with Crippen molar-refractivity contribution in [2.45, 2.75) is 25.8 Å². The Bertz CT molecular complexity index is 371. The lowest BCUT2D eigenvalue weighted by molar-refractivity contribution is 0.576. The molecule has 0 aliphatic rings. The van der Waals surface area contributed by atoms with Gasteiger partial charge >= 0.3 is 0 Å². The molecule has 1 unspecified atom stereocenters. The molecule has 0 radical (unpaired) electrons. The lowest BCUT2D eigenvalue weighted by Crippen LogP contribution is -2.29. The third-order valence-electron chi connectivity index (χ3n) is 1.99. The third kappa shape index (κ3) is 8.83. The van der Waals surface area contributed by atoms with E-state index in [2.05, 4.69) is 0 Å². The van der Waals surface area contributed by atoms with Crippen LogP contribution in [0.25, 0.3) is 0 Å². The van der Waals surface area contributed by atoms with E-state index in [0.29, 0.717) is 12.8 Å². The highest BCUT2D eigenvalue weighted by Crippen LogP contribution is 2.02. The summed E-state index contributed by atoms with van der Waals surface area (Å²) in [7, 11) is -6.03. The van der Waals surface area contributed by atoms with Gasteiger partial charge in [-0.25, -0.2) is 16.8 Å². The van der Waals surface area contributed by atoms with Gasteiger partial charge in [0.25, 0.3) is 0 Å². The first-order chi connectivity index (χ1) is 6.66. The molecular weight excluding hydrogens is 238 g/mol. The van der Waals surface area contributed by atoms with Crippen molar-refractivity contribution in [3.8, 4) is 0 Å². The molecule has 0 aromatic heterocycles. The first-order valence-electron chi connectivity index (χ1n) is 4.80. The minimum atomic E-state index is -3.07. The lowest BCUT2D eigenvalue weighted by Gasteiger charge is -2.09. The molecule has 0 aliphatic heterocycles. The van der Waals surface area contributed by atoms with Crippen molar-refractivity contribution >= 4 is 19.7 Å². The summed E-state index contributed by atoms with van der Waals surface area (Å²) in [6, 6.07) is -0.466. The maximum absolute atomic E-state index is 11.1. The van der Waals surface area contributed by atoms with Crippen LogP contribution in [0, 0.1) is 0 Å². The maximum Gasteiger partial charge on any atom is 0.150 e. The second-order valence-corrected chi connectivity index (χ2v) is 8.39. The fourth-order valence-corrected chi connectivity index (χ4v) is 3.02. The van der Waals surface area contributed by atoms with Crippen molar-refractivity contribution in [1.29, 1.82) is 0 Å². The van der Waals surface area contributed by atoms with Gasteiger partial charge in [0.1, 0.15) is 19.7 Å². The van der Waals surface area contributed by atoms with Gasteiger partial charge in [-0.05, 0) is 12.8 Å². The molecule has 92 valence electrons. The van der Waals surface area contributed by atoms with Gasteiger partial charge in [0, 0.05) is 18.1 Å². The predicted molar refractivity (Wildman–Crippen MR) is 61.2 cm³/mol. The van der Waals surface area contributed by atoms with Crippen molar-refractivity contribution < 1.29 is 16.8 Å². The Morgan fingerprint density at radius 3 is 2.13 bits per heavy atom. The fourth-order valence-electron chi connectivity index (χ4n) is 1.18. The van der Waals surface area contributed by atoms with Crippen LogP contribution >= 0.6 is 0 Å². The first-order valence-corrected chi connectivity index (χ1v) is 8.68. The molecule has 0 saturated carbocycles. The lowest BCUT2D eigenvalue weighted by atomic mass is 10.2. The van der Waals surface area contributed by atoms with Crippen LogP contribution in [0.5, 0.6) is 0 Å². The largest absolute Gasteiger partial charge is 0.327 e. The van der Waals surface area contributed by atoms with E-state index in [-0.39, 0.29) is 17.3 Å². The third-order valence-corrected chi connectivity index (χ3v) is 4.81. The molecule has 1 atom stereocenters. The number of nitrogens with two attached hydrogens (primary N) is 1. The predicted octanol–water partition coefficient (Wildman–Crippen LogP) is -0.427. The van der Waals surface area contributed by atoms with Gasteiger partial charge in [0.05, 0.1) is 11.5 Å². The van der Waals surface area contributed by atoms with Crippen LogP contribution in [0.15, 0.2) is 0 Å². The molecule has 0 aliphatic carbocycles. The van der Waals surface area contributed by atoms with Gasteiger partial charge in [-0.3, -0.25) is 0 Å². The zero-order valence-corrected chi connectivity index (χ0v) is 10.8. The first kappa shape index (κ1) is 14.9. The SMILES string of the molecule is CCS(=O)(=O)CCCC(N)CS(C)(=O)=O. The van der Waals surface area contributed by atoms with E-state index in [1.165, 1.54) is 0 Å². The van der Waals surface area contributed by atoms with Crippen LogP contribution in [0.1, 0.15) is 19.8 Å². The Labute approximate surface area is 91.9 Å². The summed E-state index contributed by atoms with van der Waals surface area (Å²) in [5.74, 6) is 0.119. The average Bonchev–Trinajstić information content (AvgIpc) is 2.00. The van der Waals surface area contributed by atoms with E-state index in [1.54, 1.807) is 6.92 Å². The van der Waals surface area contributed by atoms with Crippen LogP contribution in [0.2, 0.25) is 0 Å². The van der Waals surface area contributed by atoms with Gasteiger partial charge in [-0.15, -0.1) is 0 Å². The van der Waals surface area contributed by atoms with Crippen molar-refractivity contribution in [1.82, 2.24) is 0 Å². The summed E-state index contributed by atoms with van der Waals surface area (Å²) in [6.07, 6.45) is 1.97. The minimum Gasteiger partial charge on any atom is -0.327 e. The molecule has 0 aromatic rings.